The van der Waals surface area contributed by atoms with Gasteiger partial charge in [-0.05, 0) is 107 Å². The lowest BCUT2D eigenvalue weighted by molar-refractivity contribution is -0.140. The molecule has 23 heteroatoms. The molecule has 2 heterocycles. The molecule has 4 aromatic carbocycles. The van der Waals surface area contributed by atoms with Gasteiger partial charge in [-0.1, -0.05) is 36.4 Å². The van der Waals surface area contributed by atoms with Gasteiger partial charge in [0.05, 0.1) is 82.2 Å². The molecule has 0 aromatic heterocycles. The van der Waals surface area contributed by atoms with Gasteiger partial charge >= 0.3 is 36.4 Å². The van der Waals surface area contributed by atoms with E-state index in [1.165, 1.54) is 88.4 Å². The second-order valence-corrected chi connectivity index (χ2v) is 17.3. The number of rotatable bonds is 18. The van der Waals surface area contributed by atoms with Crippen molar-refractivity contribution in [1.29, 1.82) is 10.5 Å². The highest BCUT2D eigenvalue weighted by atomic mass is 19.4. The first-order valence-corrected chi connectivity index (χ1v) is 23.6. The van der Waals surface area contributed by atoms with Crippen molar-refractivity contribution >= 4 is 47.2 Å². The van der Waals surface area contributed by atoms with Crippen LogP contribution in [-0.2, 0) is 41.0 Å². The van der Waals surface area contributed by atoms with Gasteiger partial charge in [-0.2, -0.15) is 36.9 Å². The first kappa shape index (κ1) is 56.6. The maximum atomic E-state index is 14.5. The molecule has 6 rings (SSSR count). The molecule has 0 unspecified atom stereocenters. The molecule has 0 bridgehead atoms. The van der Waals surface area contributed by atoms with Crippen LogP contribution < -0.4 is 20.4 Å². The van der Waals surface area contributed by atoms with Crippen molar-refractivity contribution in [2.45, 2.75) is 52.1 Å². The van der Waals surface area contributed by atoms with Crippen molar-refractivity contribution in [2.24, 2.45) is 0 Å². The Morgan fingerprint density at radius 2 is 0.961 bits per heavy atom. The van der Waals surface area contributed by atoms with Crippen LogP contribution in [0.4, 0.5) is 47.3 Å². The molecule has 4 aromatic rings. The maximum Gasteiger partial charge on any atom is 0.416 e. The number of ether oxygens (including phenoxy) is 2. The van der Waals surface area contributed by atoms with Crippen molar-refractivity contribution in [3.8, 4) is 12.1 Å². The fraction of sp³-hybridized carbons (Fsp3) is 0.321. The van der Waals surface area contributed by atoms with Crippen LogP contribution in [0, 0.1) is 22.7 Å². The zero-order valence-electron chi connectivity index (χ0n) is 41.7. The molecule has 2 N–H and O–H groups in total. The number of anilines is 2. The van der Waals surface area contributed by atoms with E-state index in [2.05, 4.69) is 10.6 Å². The van der Waals surface area contributed by atoms with Gasteiger partial charge in [0.15, 0.2) is 0 Å². The fourth-order valence-corrected chi connectivity index (χ4v) is 8.70. The number of alkyl halides is 6. The van der Waals surface area contributed by atoms with E-state index < -0.39 is 84.5 Å². The summed E-state index contributed by atoms with van der Waals surface area (Å²) < 4.78 is 94.1. The van der Waals surface area contributed by atoms with Gasteiger partial charge < -0.3 is 34.8 Å². The average molecular weight is 1060 g/mol. The topological polar surface area (TPSA) is 209 Å². The Bertz CT molecular complexity index is 2820. The molecule has 398 valence electrons. The third-order valence-corrected chi connectivity index (χ3v) is 12.3. The quantitative estimate of drug-likeness (QED) is 0.0721. The summed E-state index contributed by atoms with van der Waals surface area (Å²) in [5.41, 5.74) is -1.95. The molecular formula is C53H51F6N9O8. The van der Waals surface area contributed by atoms with E-state index in [1.54, 1.807) is 11.9 Å². The number of halogens is 6. The Balaban J connectivity index is 1.17. The van der Waals surface area contributed by atoms with Crippen LogP contribution in [0.15, 0.2) is 120 Å². The largest absolute Gasteiger partial charge is 0.463 e. The molecule has 6 amide bonds. The summed E-state index contributed by atoms with van der Waals surface area (Å²) in [6.45, 7) is 4.44. The molecule has 0 fully saturated rings. The number of nitrogens with one attached hydrogen (secondary N) is 2. The van der Waals surface area contributed by atoms with Crippen LogP contribution in [0.25, 0.3) is 0 Å². The van der Waals surface area contributed by atoms with Gasteiger partial charge in [0.2, 0.25) is 11.8 Å². The molecule has 0 spiro atoms. The van der Waals surface area contributed by atoms with E-state index in [4.69, 9.17) is 9.47 Å². The number of likely N-dealkylation sites (N-methyl/N-ethyl adjacent to an activating group) is 1. The van der Waals surface area contributed by atoms with Gasteiger partial charge in [0, 0.05) is 37.6 Å². The molecule has 17 nitrogen and oxygen atoms in total. The summed E-state index contributed by atoms with van der Waals surface area (Å²) in [4.78, 5) is 89.5. The van der Waals surface area contributed by atoms with Gasteiger partial charge in [-0.25, -0.2) is 19.2 Å². The van der Waals surface area contributed by atoms with Crippen molar-refractivity contribution in [2.75, 3.05) is 69.3 Å². The molecule has 2 atom stereocenters. The highest BCUT2D eigenvalue weighted by Gasteiger charge is 2.46. The van der Waals surface area contributed by atoms with Crippen molar-refractivity contribution in [1.82, 2.24) is 25.3 Å². The van der Waals surface area contributed by atoms with E-state index in [0.29, 0.717) is 11.1 Å². The summed E-state index contributed by atoms with van der Waals surface area (Å²) in [5, 5.41) is 24.3. The summed E-state index contributed by atoms with van der Waals surface area (Å²) >= 11 is 0. The minimum absolute atomic E-state index is 0.0357. The molecule has 0 radical (unpaired) electrons. The minimum atomic E-state index is -4.79. The van der Waals surface area contributed by atoms with Crippen molar-refractivity contribution in [3.63, 3.8) is 0 Å². The highest BCUT2D eigenvalue weighted by molar-refractivity contribution is 6.05. The normalized spacial score (nSPS) is 16.1. The summed E-state index contributed by atoms with van der Waals surface area (Å²) in [7, 11) is 1.65. The predicted octanol–water partition coefficient (Wildman–Crippen LogP) is 7.97. The summed E-state index contributed by atoms with van der Waals surface area (Å²) in [6, 6.07) is 19.0. The predicted molar refractivity (Wildman–Crippen MR) is 262 cm³/mol. The lowest BCUT2D eigenvalue weighted by atomic mass is 9.92. The lowest BCUT2D eigenvalue weighted by Crippen LogP contribution is -2.54. The van der Waals surface area contributed by atoms with Crippen LogP contribution in [-0.4, -0.2) is 110 Å². The van der Waals surface area contributed by atoms with Crippen LogP contribution in [0.1, 0.15) is 73.2 Å². The summed E-state index contributed by atoms with van der Waals surface area (Å²) in [6.07, 6.45) is -9.58. The van der Waals surface area contributed by atoms with Crippen molar-refractivity contribution in [3.05, 3.63) is 153 Å². The Morgan fingerprint density at radius 3 is 1.28 bits per heavy atom. The van der Waals surface area contributed by atoms with E-state index in [0.717, 1.165) is 56.0 Å². The van der Waals surface area contributed by atoms with Crippen molar-refractivity contribution < 1.29 is 64.6 Å². The van der Waals surface area contributed by atoms with E-state index >= 15 is 0 Å². The number of urea groups is 2. The van der Waals surface area contributed by atoms with E-state index in [9.17, 15) is 65.6 Å². The lowest BCUT2D eigenvalue weighted by Gasteiger charge is -2.42. The first-order chi connectivity index (χ1) is 36.0. The molecule has 76 heavy (non-hydrogen) atoms. The Kier molecular flexibility index (Phi) is 17.9. The fourth-order valence-electron chi connectivity index (χ4n) is 8.70. The number of carbonyl (C=O) groups is 6. The van der Waals surface area contributed by atoms with Gasteiger partial charge in [0.25, 0.3) is 0 Å². The monoisotopic (exact) mass is 1060 g/mol. The SMILES string of the molecule is CCOC(=O)C1=C(C)N(c2cccc(C(F)(F)F)c2)C(=O)N(CC(=O)NCCN(C)CCNC(=O)CN2C(=O)N(c3cccc(C(F)(F)F)c3)C(C)=C(C(=O)OCC)[C@H]2c2ccc(C#N)cc2)[C@@H]1c1ccc(C#N)cc1. The maximum absolute atomic E-state index is 14.5. The number of esters is 2. The molecule has 0 saturated heterocycles. The number of amides is 6. The molecule has 2 aliphatic rings. The first-order valence-electron chi connectivity index (χ1n) is 23.6. The number of benzene rings is 4. The third kappa shape index (κ3) is 12.8. The smallest absolute Gasteiger partial charge is 0.416 e. The van der Waals surface area contributed by atoms with Gasteiger partial charge in [0.1, 0.15) is 13.1 Å². The Morgan fingerprint density at radius 1 is 0.605 bits per heavy atom. The number of nitriles is 2. The highest BCUT2D eigenvalue weighted by Crippen LogP contribution is 2.43. The van der Waals surface area contributed by atoms with Crippen LogP contribution in [0.2, 0.25) is 0 Å². The number of allylic oxidation sites excluding steroid dienone is 2. The van der Waals surface area contributed by atoms with Crippen LogP contribution >= 0.6 is 0 Å². The third-order valence-electron chi connectivity index (χ3n) is 12.3. The molecule has 2 aliphatic heterocycles. The summed E-state index contributed by atoms with van der Waals surface area (Å²) in [5.74, 6) is -3.27. The zero-order chi connectivity index (χ0) is 55.6. The van der Waals surface area contributed by atoms with Gasteiger partial charge in [-0.15, -0.1) is 0 Å². The Hall–Kier alpha value is -8.70. The molecule has 0 aliphatic carbocycles. The standard InChI is InChI=1S/C53H51F6N9O8/c1-6-75-48(71)44-32(3)67(40-12-8-10-38(26-40)52(54,55)56)50(73)65(46(44)36-18-14-34(28-60)15-19-36)30-42(69)62-22-24-64(5)25-23-63-43(70)31-66-47(37-20-16-35(29-61)17-21-37)45(49(72)76-7-2)33(4)68(51(66)74)41-13-9-11-39(27-41)53(57,58)59/h8-21,26-27,46-47H,6-7,22-25,30-31H2,1-5H3,(H,62,69)(H,63,70)/t46-,47-/m1/s1. The van der Waals surface area contributed by atoms with Gasteiger partial charge in [-0.3, -0.25) is 19.4 Å². The number of hydrogen-bond acceptors (Lipinski definition) is 11. The second kappa shape index (κ2) is 24.1. The number of nitrogens with zero attached hydrogens (tertiary/aromatic N) is 7. The van der Waals surface area contributed by atoms with Crippen LogP contribution in [0.3, 0.4) is 0 Å². The Labute approximate surface area is 433 Å². The van der Waals surface area contributed by atoms with E-state index in [-0.39, 0.29) is 84.4 Å². The minimum Gasteiger partial charge on any atom is -0.463 e. The zero-order valence-corrected chi connectivity index (χ0v) is 41.7. The van der Waals surface area contributed by atoms with Crippen LogP contribution in [0.5, 0.6) is 0 Å². The second-order valence-electron chi connectivity index (χ2n) is 17.3. The number of hydrogen-bond donors (Lipinski definition) is 2. The molecular weight excluding hydrogens is 1000 g/mol. The molecule has 0 saturated carbocycles. The van der Waals surface area contributed by atoms with E-state index in [1.807, 2.05) is 12.1 Å². The average Bonchev–Trinajstić information content (AvgIpc) is 3.37. The number of carbonyl (C=O) groups excluding carboxylic acids is 6.